The molecule has 33 heavy (non-hydrogen) atoms. The van der Waals surface area contributed by atoms with E-state index in [1.165, 1.54) is 30.3 Å². The van der Waals surface area contributed by atoms with Crippen molar-refractivity contribution in [3.05, 3.63) is 56.7 Å². The Morgan fingerprint density at radius 1 is 1.24 bits per heavy atom. The zero-order valence-electron chi connectivity index (χ0n) is 18.0. The Labute approximate surface area is 209 Å². The van der Waals surface area contributed by atoms with E-state index >= 15 is 0 Å². The molecule has 0 aromatic heterocycles. The van der Waals surface area contributed by atoms with Crippen molar-refractivity contribution in [3.8, 4) is 11.5 Å². The minimum Gasteiger partial charge on any atom is -0.490 e. The maximum absolute atomic E-state index is 13.2. The first-order valence-electron chi connectivity index (χ1n) is 10.00. The van der Waals surface area contributed by atoms with Crippen LogP contribution in [0.2, 0.25) is 0 Å². The molecule has 2 N–H and O–H groups in total. The lowest BCUT2D eigenvalue weighted by molar-refractivity contribution is -0.122. The van der Waals surface area contributed by atoms with E-state index < -0.39 is 17.8 Å². The number of amides is 2. The van der Waals surface area contributed by atoms with Gasteiger partial charge in [-0.15, -0.1) is 0 Å². The fourth-order valence-corrected chi connectivity index (χ4v) is 4.13. The van der Waals surface area contributed by atoms with Gasteiger partial charge in [-0.05, 0) is 104 Å². The van der Waals surface area contributed by atoms with Crippen LogP contribution in [0.1, 0.15) is 36.7 Å². The summed E-state index contributed by atoms with van der Waals surface area (Å²) >= 11 is 7.31. The summed E-state index contributed by atoms with van der Waals surface area (Å²) in [6.45, 7) is 6.09. The molecule has 0 saturated carbocycles. The highest BCUT2D eigenvalue weighted by Gasteiger charge is 2.34. The van der Waals surface area contributed by atoms with Gasteiger partial charge < -0.3 is 14.6 Å². The third kappa shape index (κ3) is 5.50. The smallest absolute Gasteiger partial charge is 0.335 e. The Balaban J connectivity index is 2.01. The highest BCUT2D eigenvalue weighted by Crippen LogP contribution is 2.36. The maximum Gasteiger partial charge on any atom is 0.335 e. The Morgan fingerprint density at radius 2 is 1.91 bits per heavy atom. The number of carbonyl (C=O) groups excluding carboxylic acids is 2. The van der Waals surface area contributed by atoms with Gasteiger partial charge in [0, 0.05) is 0 Å². The van der Waals surface area contributed by atoms with E-state index in [1.807, 2.05) is 20.8 Å². The molecule has 0 radical (unpaired) electrons. The van der Waals surface area contributed by atoms with Crippen LogP contribution in [-0.4, -0.2) is 40.7 Å². The van der Waals surface area contributed by atoms with Crippen LogP contribution < -0.4 is 19.7 Å². The second kappa shape index (κ2) is 10.3. The standard InChI is InChI=1S/C23H21IN2O6S/c1-4-31-18-11-13(10-17(24)19(18)32-12(2)3)9-16-20(27)25-23(33)26(21(16)28)15-7-5-14(6-8-15)22(29)30/h5-12H,4H2,1-3H3,(H,29,30)(H,25,27,33)/b16-9+. The second-order valence-electron chi connectivity index (χ2n) is 7.24. The number of nitrogens with zero attached hydrogens (tertiary/aromatic N) is 1. The summed E-state index contributed by atoms with van der Waals surface area (Å²) < 4.78 is 12.3. The summed E-state index contributed by atoms with van der Waals surface area (Å²) in [6.07, 6.45) is 1.40. The van der Waals surface area contributed by atoms with Gasteiger partial charge in [0.2, 0.25) is 0 Å². The van der Waals surface area contributed by atoms with Crippen LogP contribution in [-0.2, 0) is 9.59 Å². The summed E-state index contributed by atoms with van der Waals surface area (Å²) in [7, 11) is 0. The molecule has 0 atom stereocenters. The van der Waals surface area contributed by atoms with E-state index in [4.69, 9.17) is 26.8 Å². The lowest BCUT2D eigenvalue weighted by atomic mass is 10.1. The minimum absolute atomic E-state index is 0.0605. The van der Waals surface area contributed by atoms with Crippen LogP contribution in [0.25, 0.3) is 6.08 Å². The molecule has 0 aliphatic carbocycles. The summed E-state index contributed by atoms with van der Waals surface area (Å²) in [5.74, 6) is -1.24. The third-order valence-corrected chi connectivity index (χ3v) is 5.56. The number of rotatable bonds is 7. The van der Waals surface area contributed by atoms with E-state index in [9.17, 15) is 14.4 Å². The van der Waals surface area contributed by atoms with Crippen LogP contribution in [0.5, 0.6) is 11.5 Å². The molecule has 1 aliphatic heterocycles. The third-order valence-electron chi connectivity index (χ3n) is 4.47. The molecule has 1 heterocycles. The molecule has 2 aromatic carbocycles. The second-order valence-corrected chi connectivity index (χ2v) is 8.79. The van der Waals surface area contributed by atoms with Crippen LogP contribution in [0, 0.1) is 3.57 Å². The van der Waals surface area contributed by atoms with Gasteiger partial charge >= 0.3 is 5.97 Å². The van der Waals surface area contributed by atoms with Crippen molar-refractivity contribution in [2.45, 2.75) is 26.9 Å². The summed E-state index contributed by atoms with van der Waals surface area (Å²) in [5.41, 5.74) is 0.856. The molecule has 2 amide bonds. The number of anilines is 1. The highest BCUT2D eigenvalue weighted by molar-refractivity contribution is 14.1. The number of aromatic carboxylic acids is 1. The largest absolute Gasteiger partial charge is 0.490 e. The van der Waals surface area contributed by atoms with Gasteiger partial charge in [-0.25, -0.2) is 4.79 Å². The predicted molar refractivity (Wildman–Crippen MR) is 136 cm³/mol. The monoisotopic (exact) mass is 580 g/mol. The number of halogens is 1. The molecular weight excluding hydrogens is 559 g/mol. The number of benzene rings is 2. The number of hydrogen-bond donors (Lipinski definition) is 2. The number of ether oxygens (including phenoxy) is 2. The number of nitrogens with one attached hydrogen (secondary N) is 1. The predicted octanol–water partition coefficient (Wildman–Crippen LogP) is 4.01. The van der Waals surface area contributed by atoms with E-state index in [0.29, 0.717) is 29.4 Å². The molecule has 10 heteroatoms. The molecule has 2 aromatic rings. The Hall–Kier alpha value is -2.99. The van der Waals surface area contributed by atoms with Crippen molar-refractivity contribution in [1.82, 2.24) is 5.32 Å². The molecule has 1 aliphatic rings. The Kier molecular flexibility index (Phi) is 7.69. The Bertz CT molecular complexity index is 1160. The van der Waals surface area contributed by atoms with Crippen molar-refractivity contribution >= 4 is 69.5 Å². The fraction of sp³-hybridized carbons (Fsp3) is 0.217. The van der Waals surface area contributed by atoms with Crippen molar-refractivity contribution in [2.24, 2.45) is 0 Å². The number of thiocarbonyl (C=S) groups is 1. The molecule has 0 bridgehead atoms. The summed E-state index contributed by atoms with van der Waals surface area (Å²) in [4.78, 5) is 38.1. The van der Waals surface area contributed by atoms with Gasteiger partial charge in [-0.1, -0.05) is 0 Å². The van der Waals surface area contributed by atoms with Crippen molar-refractivity contribution in [1.29, 1.82) is 0 Å². The molecule has 0 spiro atoms. The first-order chi connectivity index (χ1) is 15.6. The van der Waals surface area contributed by atoms with Gasteiger partial charge in [-0.2, -0.15) is 0 Å². The number of carbonyl (C=O) groups is 3. The quantitative estimate of drug-likeness (QED) is 0.221. The fourth-order valence-electron chi connectivity index (χ4n) is 3.10. The van der Waals surface area contributed by atoms with Crippen molar-refractivity contribution in [2.75, 3.05) is 11.5 Å². The molecular formula is C23H21IN2O6S. The molecule has 1 saturated heterocycles. The molecule has 1 fully saturated rings. The molecule has 3 rings (SSSR count). The average molecular weight is 580 g/mol. The highest BCUT2D eigenvalue weighted by atomic mass is 127. The van der Waals surface area contributed by atoms with E-state index in [-0.39, 0.29) is 22.4 Å². The van der Waals surface area contributed by atoms with E-state index in [0.717, 1.165) is 8.47 Å². The molecule has 172 valence electrons. The van der Waals surface area contributed by atoms with Gasteiger partial charge in [0.1, 0.15) is 5.57 Å². The van der Waals surface area contributed by atoms with Crippen LogP contribution in [0.4, 0.5) is 5.69 Å². The average Bonchev–Trinajstić information content (AvgIpc) is 2.74. The van der Waals surface area contributed by atoms with E-state index in [1.54, 1.807) is 12.1 Å². The molecule has 0 unspecified atom stereocenters. The number of carboxylic acids is 1. The lowest BCUT2D eigenvalue weighted by Gasteiger charge is -2.29. The van der Waals surface area contributed by atoms with Crippen LogP contribution >= 0.6 is 34.8 Å². The zero-order valence-corrected chi connectivity index (χ0v) is 21.0. The van der Waals surface area contributed by atoms with Gasteiger partial charge in [0.15, 0.2) is 16.6 Å². The number of hydrogen-bond acceptors (Lipinski definition) is 6. The van der Waals surface area contributed by atoms with Gasteiger partial charge in [0.05, 0.1) is 27.5 Å². The van der Waals surface area contributed by atoms with E-state index in [2.05, 4.69) is 27.9 Å². The molecule has 8 nitrogen and oxygen atoms in total. The zero-order chi connectivity index (χ0) is 24.3. The lowest BCUT2D eigenvalue weighted by Crippen LogP contribution is -2.54. The van der Waals surface area contributed by atoms with Gasteiger partial charge in [-0.3, -0.25) is 19.8 Å². The summed E-state index contributed by atoms with van der Waals surface area (Å²) in [6, 6.07) is 9.12. The maximum atomic E-state index is 13.2. The minimum atomic E-state index is -1.09. The topological polar surface area (TPSA) is 105 Å². The van der Waals surface area contributed by atoms with Gasteiger partial charge in [0.25, 0.3) is 11.8 Å². The SMILES string of the molecule is CCOc1cc(/C=C2\C(=O)NC(=S)N(c3ccc(C(=O)O)cc3)C2=O)cc(I)c1OC(C)C. The van der Waals surface area contributed by atoms with Crippen molar-refractivity contribution in [3.63, 3.8) is 0 Å². The normalized spacial score (nSPS) is 15.1. The number of carboxylic acid groups (broad SMARTS) is 1. The summed E-state index contributed by atoms with van der Waals surface area (Å²) in [5, 5.41) is 11.5. The first kappa shape index (κ1) is 24.6. The Morgan fingerprint density at radius 3 is 2.48 bits per heavy atom. The first-order valence-corrected chi connectivity index (χ1v) is 11.5. The van der Waals surface area contributed by atoms with Crippen molar-refractivity contribution < 1.29 is 29.0 Å². The van der Waals surface area contributed by atoms with Crippen LogP contribution in [0.3, 0.4) is 0 Å². The van der Waals surface area contributed by atoms with Crippen LogP contribution in [0.15, 0.2) is 42.0 Å².